The van der Waals surface area contributed by atoms with Crippen LogP contribution in [-0.4, -0.2) is 6.54 Å². The van der Waals surface area contributed by atoms with Gasteiger partial charge < -0.3 is 5.32 Å². The van der Waals surface area contributed by atoms with Gasteiger partial charge in [0, 0.05) is 14.9 Å². The summed E-state index contributed by atoms with van der Waals surface area (Å²) >= 11 is 8.50. The molecule has 0 radical (unpaired) electrons. The van der Waals surface area contributed by atoms with E-state index >= 15 is 0 Å². The predicted molar refractivity (Wildman–Crippen MR) is 86.3 cm³/mol. The molecule has 0 bridgehead atoms. The summed E-state index contributed by atoms with van der Waals surface area (Å²) < 4.78 is 16.0. The molecule has 0 spiro atoms. The molecular formula is C14H14Br2FNS. The minimum atomic E-state index is -0.179. The Kier molecular flexibility index (Phi) is 5.57. The monoisotopic (exact) mass is 405 g/mol. The molecule has 0 amide bonds. The molecule has 19 heavy (non-hydrogen) atoms. The molecule has 1 atom stereocenters. The highest BCUT2D eigenvalue weighted by Crippen LogP contribution is 2.33. The fraction of sp³-hybridized carbons (Fsp3) is 0.286. The van der Waals surface area contributed by atoms with Gasteiger partial charge in [-0.1, -0.05) is 22.9 Å². The Morgan fingerprint density at radius 1 is 1.26 bits per heavy atom. The molecule has 1 unspecified atom stereocenters. The summed E-state index contributed by atoms with van der Waals surface area (Å²) in [4.78, 5) is 1.11. The molecular weight excluding hydrogens is 393 g/mol. The zero-order valence-electron chi connectivity index (χ0n) is 10.4. The average molecular weight is 407 g/mol. The predicted octanol–water partition coefficient (Wildman–Crippen LogP) is 5.50. The summed E-state index contributed by atoms with van der Waals surface area (Å²) in [6.45, 7) is 2.96. The molecule has 1 heterocycles. The fourth-order valence-corrected chi connectivity index (χ4v) is 3.77. The molecule has 0 aliphatic rings. The molecule has 1 aromatic carbocycles. The molecule has 2 aromatic rings. The first-order valence-electron chi connectivity index (χ1n) is 6.05. The summed E-state index contributed by atoms with van der Waals surface area (Å²) in [5, 5.41) is 3.41. The highest BCUT2D eigenvalue weighted by atomic mass is 79.9. The van der Waals surface area contributed by atoms with Crippen LogP contribution in [0, 0.1) is 5.82 Å². The van der Waals surface area contributed by atoms with Crippen molar-refractivity contribution in [3.05, 3.63) is 54.8 Å². The van der Waals surface area contributed by atoms with Crippen LogP contribution < -0.4 is 5.32 Å². The summed E-state index contributed by atoms with van der Waals surface area (Å²) in [6.07, 6.45) is 1.01. The van der Waals surface area contributed by atoms with E-state index in [1.54, 1.807) is 17.4 Å². The molecule has 2 rings (SSSR count). The van der Waals surface area contributed by atoms with Crippen molar-refractivity contribution in [3.8, 4) is 0 Å². The molecule has 5 heteroatoms. The fourth-order valence-electron chi connectivity index (χ4n) is 1.87. The number of benzene rings is 1. The lowest BCUT2D eigenvalue weighted by Gasteiger charge is -2.18. The van der Waals surface area contributed by atoms with Crippen LogP contribution in [-0.2, 0) is 0 Å². The Bertz CT molecular complexity index is 556. The normalized spacial score (nSPS) is 12.6. The molecule has 1 N–H and O–H groups in total. The summed E-state index contributed by atoms with van der Waals surface area (Å²) in [6, 6.07) is 8.99. The lowest BCUT2D eigenvalue weighted by atomic mass is 10.0. The Morgan fingerprint density at radius 3 is 2.68 bits per heavy atom. The van der Waals surface area contributed by atoms with Crippen LogP contribution in [0.4, 0.5) is 4.39 Å². The number of hydrogen-bond acceptors (Lipinski definition) is 2. The van der Waals surface area contributed by atoms with Crippen LogP contribution in [0.25, 0.3) is 0 Å². The van der Waals surface area contributed by atoms with Crippen molar-refractivity contribution >= 4 is 43.2 Å². The molecule has 0 saturated heterocycles. The first-order valence-corrected chi connectivity index (χ1v) is 8.45. The summed E-state index contributed by atoms with van der Waals surface area (Å²) in [7, 11) is 0. The van der Waals surface area contributed by atoms with Gasteiger partial charge in [-0.2, -0.15) is 0 Å². The summed E-state index contributed by atoms with van der Waals surface area (Å²) in [5.41, 5.74) is 0.678. The van der Waals surface area contributed by atoms with E-state index in [4.69, 9.17) is 0 Å². The van der Waals surface area contributed by atoms with Crippen LogP contribution >= 0.6 is 43.2 Å². The van der Waals surface area contributed by atoms with Crippen molar-refractivity contribution in [2.75, 3.05) is 6.54 Å². The molecule has 1 nitrogen and oxygen atoms in total. The van der Waals surface area contributed by atoms with Crippen molar-refractivity contribution < 1.29 is 4.39 Å². The van der Waals surface area contributed by atoms with Crippen molar-refractivity contribution in [1.82, 2.24) is 5.32 Å². The van der Waals surface area contributed by atoms with Gasteiger partial charge in [0.25, 0.3) is 0 Å². The zero-order chi connectivity index (χ0) is 13.8. The highest BCUT2D eigenvalue weighted by Gasteiger charge is 2.19. The number of thiophene rings is 1. The second kappa shape index (κ2) is 6.97. The first kappa shape index (κ1) is 15.2. The van der Waals surface area contributed by atoms with E-state index in [-0.39, 0.29) is 11.9 Å². The smallest absolute Gasteiger partial charge is 0.128 e. The van der Waals surface area contributed by atoms with Gasteiger partial charge in [0.1, 0.15) is 5.82 Å². The highest BCUT2D eigenvalue weighted by molar-refractivity contribution is 9.11. The number of nitrogens with one attached hydrogen (secondary N) is 1. The van der Waals surface area contributed by atoms with Gasteiger partial charge in [-0.15, -0.1) is 11.3 Å². The topological polar surface area (TPSA) is 12.0 Å². The molecule has 0 aliphatic carbocycles. The minimum absolute atomic E-state index is 0.103. The van der Waals surface area contributed by atoms with Crippen molar-refractivity contribution in [2.24, 2.45) is 0 Å². The van der Waals surface area contributed by atoms with Gasteiger partial charge in [0.05, 0.1) is 9.83 Å². The molecule has 0 aliphatic heterocycles. The molecule has 102 valence electrons. The second-order valence-electron chi connectivity index (χ2n) is 4.19. The van der Waals surface area contributed by atoms with Crippen LogP contribution in [0.15, 0.2) is 38.6 Å². The number of halogens is 3. The third-order valence-electron chi connectivity index (χ3n) is 2.75. The van der Waals surface area contributed by atoms with Crippen LogP contribution in [0.2, 0.25) is 0 Å². The molecule has 0 fully saturated rings. The van der Waals surface area contributed by atoms with E-state index in [1.807, 2.05) is 18.2 Å². The third kappa shape index (κ3) is 3.88. The van der Waals surface area contributed by atoms with E-state index in [1.165, 1.54) is 6.07 Å². The molecule has 0 saturated carbocycles. The van der Waals surface area contributed by atoms with Crippen LogP contribution in [0.3, 0.4) is 0 Å². The Balaban J connectivity index is 2.39. The lowest BCUT2D eigenvalue weighted by Crippen LogP contribution is -2.23. The zero-order valence-corrected chi connectivity index (χ0v) is 14.4. The van der Waals surface area contributed by atoms with E-state index in [2.05, 4.69) is 44.1 Å². The third-order valence-corrected chi connectivity index (χ3v) is 4.93. The Hall–Kier alpha value is -0.230. The van der Waals surface area contributed by atoms with E-state index < -0.39 is 0 Å². The van der Waals surface area contributed by atoms with Gasteiger partial charge in [0.2, 0.25) is 0 Å². The SMILES string of the molecule is CCCNC(c1ccc(Br)s1)c1cc(Br)ccc1F. The second-order valence-corrected chi connectivity index (χ2v) is 7.61. The van der Waals surface area contributed by atoms with Gasteiger partial charge >= 0.3 is 0 Å². The lowest BCUT2D eigenvalue weighted by molar-refractivity contribution is 0.551. The van der Waals surface area contributed by atoms with E-state index in [0.29, 0.717) is 5.56 Å². The minimum Gasteiger partial charge on any atom is -0.306 e. The van der Waals surface area contributed by atoms with Gasteiger partial charge in [-0.3, -0.25) is 0 Å². The standard InChI is InChI=1S/C14H14Br2FNS/c1-2-7-18-14(12-5-6-13(16)19-12)10-8-9(15)3-4-11(10)17/h3-6,8,14,18H,2,7H2,1H3. The van der Waals surface area contributed by atoms with Crippen molar-refractivity contribution in [2.45, 2.75) is 19.4 Å². The maximum absolute atomic E-state index is 14.1. The molecule has 1 aromatic heterocycles. The van der Waals surface area contributed by atoms with Crippen LogP contribution in [0.1, 0.15) is 29.8 Å². The quantitative estimate of drug-likeness (QED) is 0.690. The summed E-state index contributed by atoms with van der Waals surface area (Å²) in [5.74, 6) is -0.179. The maximum atomic E-state index is 14.1. The largest absolute Gasteiger partial charge is 0.306 e. The first-order chi connectivity index (χ1) is 9.11. The Morgan fingerprint density at radius 2 is 2.05 bits per heavy atom. The number of rotatable bonds is 5. The van der Waals surface area contributed by atoms with Gasteiger partial charge in [-0.05, 0) is 59.2 Å². The van der Waals surface area contributed by atoms with Crippen molar-refractivity contribution in [3.63, 3.8) is 0 Å². The van der Waals surface area contributed by atoms with E-state index in [0.717, 1.165) is 26.1 Å². The average Bonchev–Trinajstić information content (AvgIpc) is 2.80. The van der Waals surface area contributed by atoms with E-state index in [9.17, 15) is 4.39 Å². The van der Waals surface area contributed by atoms with Crippen LogP contribution in [0.5, 0.6) is 0 Å². The maximum Gasteiger partial charge on any atom is 0.128 e. The number of hydrogen-bond donors (Lipinski definition) is 1. The van der Waals surface area contributed by atoms with Gasteiger partial charge in [-0.25, -0.2) is 4.39 Å². The van der Waals surface area contributed by atoms with Crippen molar-refractivity contribution in [1.29, 1.82) is 0 Å². The van der Waals surface area contributed by atoms with Gasteiger partial charge in [0.15, 0.2) is 0 Å². The Labute approximate surface area is 133 Å².